The van der Waals surface area contributed by atoms with Crippen molar-refractivity contribution in [3.63, 3.8) is 0 Å². The van der Waals surface area contributed by atoms with E-state index in [1.54, 1.807) is 11.3 Å². The van der Waals surface area contributed by atoms with Crippen LogP contribution in [0.5, 0.6) is 0 Å². The monoisotopic (exact) mass is 388 g/mol. The lowest BCUT2D eigenvalue weighted by Crippen LogP contribution is -2.41. The molecule has 1 saturated heterocycles. The Bertz CT molecular complexity index is 527. The highest BCUT2D eigenvalue weighted by Gasteiger charge is 2.54. The molecule has 2 heterocycles. The van der Waals surface area contributed by atoms with Gasteiger partial charge in [0.05, 0.1) is 28.0 Å². The summed E-state index contributed by atoms with van der Waals surface area (Å²) in [5.74, 6) is -0.400. The fourth-order valence-corrected chi connectivity index (χ4v) is 3.85. The van der Waals surface area contributed by atoms with Crippen LogP contribution in [0.25, 0.3) is 0 Å². The van der Waals surface area contributed by atoms with E-state index in [1.807, 2.05) is 46.8 Å². The van der Waals surface area contributed by atoms with Crippen LogP contribution in [-0.2, 0) is 18.8 Å². The number of hydrogen-bond donors (Lipinski definition) is 0. The zero-order valence-corrected chi connectivity index (χ0v) is 16.0. The minimum absolute atomic E-state index is 0.170. The van der Waals surface area contributed by atoms with Crippen molar-refractivity contribution < 1.29 is 18.8 Å². The fraction of sp³-hybridized carbons (Fsp3) is 0.667. The fourth-order valence-electron chi connectivity index (χ4n) is 2.31. The normalized spacial score (nSPS) is 20.9. The van der Waals surface area contributed by atoms with Gasteiger partial charge in [-0.05, 0) is 62.7 Å². The van der Waals surface area contributed by atoms with Crippen LogP contribution in [0.1, 0.15) is 51.7 Å². The molecule has 4 nitrogen and oxygen atoms in total. The molecule has 1 aliphatic rings. The molecule has 1 aliphatic heterocycles. The van der Waals surface area contributed by atoms with Crippen molar-refractivity contribution in [1.29, 1.82) is 0 Å². The predicted molar refractivity (Wildman–Crippen MR) is 92.1 cm³/mol. The van der Waals surface area contributed by atoms with Gasteiger partial charge in [0.1, 0.15) is 0 Å². The largest absolute Gasteiger partial charge is 0.467 e. The summed E-state index contributed by atoms with van der Waals surface area (Å²) in [5.41, 5.74) is -0.835. The Kier molecular flexibility index (Phi) is 5.42. The van der Waals surface area contributed by atoms with Gasteiger partial charge >= 0.3 is 13.1 Å². The molecule has 122 valence electrons. The minimum atomic E-state index is -0.458. The van der Waals surface area contributed by atoms with Gasteiger partial charge in [0, 0.05) is 10.7 Å². The molecule has 0 aromatic carbocycles. The van der Waals surface area contributed by atoms with Gasteiger partial charge in [0.25, 0.3) is 0 Å². The Balaban J connectivity index is 2.24. The summed E-state index contributed by atoms with van der Waals surface area (Å²) in [4.78, 5) is 13.0. The molecule has 1 aromatic rings. The molecule has 2 rings (SSSR count). The number of carbonyl (C=O) groups excluding carboxylic acids is 1. The van der Waals surface area contributed by atoms with Crippen LogP contribution in [0.4, 0.5) is 0 Å². The van der Waals surface area contributed by atoms with Gasteiger partial charge in [-0.1, -0.05) is 0 Å². The molecule has 1 aromatic heterocycles. The zero-order chi connectivity index (χ0) is 16.5. The summed E-state index contributed by atoms with van der Waals surface area (Å²) >= 11 is 5.06. The van der Waals surface area contributed by atoms with Gasteiger partial charge in [-0.2, -0.15) is 0 Å². The molecule has 0 N–H and O–H groups in total. The Morgan fingerprint density at radius 3 is 2.36 bits per heavy atom. The molecular formula is C15H22BBrO4S. The van der Waals surface area contributed by atoms with Crippen molar-refractivity contribution >= 4 is 40.4 Å². The van der Waals surface area contributed by atoms with Gasteiger partial charge in [-0.3, -0.25) is 4.79 Å². The SMILES string of the molecule is CCOC(=O)CC(B1OC(C)(C)C(C)(C)O1)c1ccc(Br)s1. The highest BCUT2D eigenvalue weighted by atomic mass is 79.9. The molecule has 1 atom stereocenters. The second kappa shape index (κ2) is 6.63. The first-order valence-electron chi connectivity index (χ1n) is 7.43. The summed E-state index contributed by atoms with van der Waals surface area (Å²) in [6.45, 7) is 10.2. The topological polar surface area (TPSA) is 44.8 Å². The molecule has 0 amide bonds. The van der Waals surface area contributed by atoms with Crippen LogP contribution in [0, 0.1) is 0 Å². The van der Waals surface area contributed by atoms with E-state index in [1.165, 1.54) is 0 Å². The summed E-state index contributed by atoms with van der Waals surface area (Å²) in [7, 11) is -0.458. The van der Waals surface area contributed by atoms with Crippen LogP contribution in [0.2, 0.25) is 0 Å². The van der Waals surface area contributed by atoms with Gasteiger partial charge in [0.2, 0.25) is 0 Å². The number of ether oxygens (including phenoxy) is 1. The first-order valence-corrected chi connectivity index (χ1v) is 9.03. The number of thiophene rings is 1. The van der Waals surface area contributed by atoms with Crippen molar-refractivity contribution in [3.8, 4) is 0 Å². The van der Waals surface area contributed by atoms with Crippen LogP contribution in [0.15, 0.2) is 15.9 Å². The standard InChI is InChI=1S/C15H22BBrO4S/c1-6-19-13(18)9-10(11-7-8-12(17)22-11)16-20-14(2,3)15(4,5)21-16/h7-8,10H,6,9H2,1-5H3. The van der Waals surface area contributed by atoms with E-state index < -0.39 is 18.3 Å². The molecule has 0 radical (unpaired) electrons. The second-order valence-electron chi connectivity index (χ2n) is 6.38. The maximum atomic E-state index is 12.0. The van der Waals surface area contributed by atoms with Gasteiger partial charge in [-0.25, -0.2) is 0 Å². The number of carbonyl (C=O) groups is 1. The van der Waals surface area contributed by atoms with Crippen LogP contribution < -0.4 is 0 Å². The van der Waals surface area contributed by atoms with E-state index in [-0.39, 0.29) is 18.2 Å². The second-order valence-corrected chi connectivity index (χ2v) is 8.88. The first kappa shape index (κ1) is 18.0. The summed E-state index contributed by atoms with van der Waals surface area (Å²) in [5, 5.41) is 0. The van der Waals surface area contributed by atoms with E-state index in [4.69, 9.17) is 14.0 Å². The molecule has 0 saturated carbocycles. The smallest absolute Gasteiger partial charge is 0.466 e. The Hall–Kier alpha value is -0.365. The summed E-state index contributed by atoms with van der Waals surface area (Å²) in [6, 6.07) is 3.98. The van der Waals surface area contributed by atoms with E-state index in [0.29, 0.717) is 6.61 Å². The molecule has 22 heavy (non-hydrogen) atoms. The molecule has 0 aliphatic carbocycles. The van der Waals surface area contributed by atoms with Crippen molar-refractivity contribution in [1.82, 2.24) is 0 Å². The van der Waals surface area contributed by atoms with Gasteiger partial charge < -0.3 is 14.0 Å². The minimum Gasteiger partial charge on any atom is -0.466 e. The number of rotatable bonds is 5. The molecule has 1 unspecified atom stereocenters. The average Bonchev–Trinajstić information content (AvgIpc) is 2.89. The third-order valence-electron chi connectivity index (χ3n) is 4.25. The van der Waals surface area contributed by atoms with Crippen molar-refractivity contribution in [2.75, 3.05) is 6.61 Å². The van der Waals surface area contributed by atoms with E-state index >= 15 is 0 Å². The molecule has 7 heteroatoms. The number of esters is 1. The summed E-state index contributed by atoms with van der Waals surface area (Å²) < 4.78 is 18.4. The lowest BCUT2D eigenvalue weighted by molar-refractivity contribution is -0.143. The van der Waals surface area contributed by atoms with E-state index in [0.717, 1.165) is 8.66 Å². The maximum absolute atomic E-state index is 12.0. The number of halogens is 1. The van der Waals surface area contributed by atoms with Crippen LogP contribution in [-0.4, -0.2) is 30.9 Å². The quantitative estimate of drug-likeness (QED) is 0.560. The maximum Gasteiger partial charge on any atom is 0.467 e. The van der Waals surface area contributed by atoms with Gasteiger partial charge in [0.15, 0.2) is 0 Å². The van der Waals surface area contributed by atoms with Gasteiger partial charge in [-0.15, -0.1) is 11.3 Å². The Labute approximate surface area is 144 Å². The highest BCUT2D eigenvalue weighted by molar-refractivity contribution is 9.11. The molecule has 1 fully saturated rings. The predicted octanol–water partition coefficient (Wildman–Crippen LogP) is 4.18. The van der Waals surface area contributed by atoms with Crippen molar-refractivity contribution in [3.05, 3.63) is 20.8 Å². The lowest BCUT2D eigenvalue weighted by atomic mass is 9.69. The number of hydrogen-bond acceptors (Lipinski definition) is 5. The molecule has 0 spiro atoms. The average molecular weight is 389 g/mol. The zero-order valence-electron chi connectivity index (χ0n) is 13.6. The Morgan fingerprint density at radius 1 is 1.32 bits per heavy atom. The molecular weight excluding hydrogens is 367 g/mol. The summed E-state index contributed by atoms with van der Waals surface area (Å²) in [6.07, 6.45) is 0.248. The lowest BCUT2D eigenvalue weighted by Gasteiger charge is -2.32. The first-order chi connectivity index (χ1) is 10.2. The third-order valence-corrected chi connectivity index (χ3v) is 6.01. The van der Waals surface area contributed by atoms with E-state index in [9.17, 15) is 4.79 Å². The Morgan fingerprint density at radius 2 is 1.91 bits per heavy atom. The van der Waals surface area contributed by atoms with E-state index in [2.05, 4.69) is 15.9 Å². The van der Waals surface area contributed by atoms with Crippen LogP contribution in [0.3, 0.4) is 0 Å². The highest BCUT2D eigenvalue weighted by Crippen LogP contribution is 2.43. The molecule has 0 bridgehead atoms. The van der Waals surface area contributed by atoms with Crippen LogP contribution >= 0.6 is 27.3 Å². The van der Waals surface area contributed by atoms with Crippen molar-refractivity contribution in [2.45, 2.75) is 58.1 Å². The third kappa shape index (κ3) is 3.75. The van der Waals surface area contributed by atoms with Crippen molar-refractivity contribution in [2.24, 2.45) is 0 Å².